The van der Waals surface area contributed by atoms with Gasteiger partial charge in [-0.2, -0.15) is 0 Å². The van der Waals surface area contributed by atoms with Gasteiger partial charge in [0, 0.05) is 26.2 Å². The second kappa shape index (κ2) is 8.47. The average Bonchev–Trinajstić information content (AvgIpc) is 2.73. The smallest absolute Gasteiger partial charge is 0.256 e. The quantitative estimate of drug-likeness (QED) is 0.790. The van der Waals surface area contributed by atoms with E-state index in [0.29, 0.717) is 31.7 Å². The summed E-state index contributed by atoms with van der Waals surface area (Å²) < 4.78 is 25.6. The Labute approximate surface area is 177 Å². The van der Waals surface area contributed by atoms with Crippen LogP contribution in [-0.4, -0.2) is 62.5 Å². The maximum atomic E-state index is 13.1. The summed E-state index contributed by atoms with van der Waals surface area (Å²) in [4.78, 5) is 29.6. The molecule has 1 saturated heterocycles. The van der Waals surface area contributed by atoms with E-state index in [1.165, 1.54) is 0 Å². The molecule has 8 heteroatoms. The van der Waals surface area contributed by atoms with Gasteiger partial charge in [0.05, 0.1) is 22.9 Å². The lowest BCUT2D eigenvalue weighted by Gasteiger charge is -2.39. The largest absolute Gasteiger partial charge is 0.338 e. The summed E-state index contributed by atoms with van der Waals surface area (Å²) >= 11 is 0. The van der Waals surface area contributed by atoms with E-state index in [1.54, 1.807) is 34.1 Å². The number of para-hydroxylation sites is 1. The van der Waals surface area contributed by atoms with Gasteiger partial charge in [0.25, 0.3) is 5.91 Å². The zero-order chi connectivity index (χ0) is 21.9. The van der Waals surface area contributed by atoms with Crippen molar-refractivity contribution >= 4 is 27.5 Å². The predicted molar refractivity (Wildman–Crippen MR) is 117 cm³/mol. The van der Waals surface area contributed by atoms with Gasteiger partial charge in [-0.05, 0) is 31.5 Å². The van der Waals surface area contributed by atoms with Crippen LogP contribution in [0, 0.1) is 0 Å². The van der Waals surface area contributed by atoms with Crippen molar-refractivity contribution in [1.82, 2.24) is 9.80 Å². The highest BCUT2D eigenvalue weighted by Crippen LogP contribution is 2.26. The molecule has 160 valence electrons. The molecule has 1 aliphatic rings. The minimum Gasteiger partial charge on any atom is -0.338 e. The van der Waals surface area contributed by atoms with Crippen molar-refractivity contribution in [3.8, 4) is 0 Å². The standard InChI is InChI=1S/C22H27N3O4S/c1-22(2,17-9-5-4-6-10-17)21(27)25-15-13-24(14-16-25)20(26)18-11-7-8-12-19(18)23-30(3,28)29/h4-12,23H,13-16H2,1-3H3. The maximum Gasteiger partial charge on any atom is 0.256 e. The van der Waals surface area contributed by atoms with Crippen molar-refractivity contribution in [2.24, 2.45) is 0 Å². The third-order valence-corrected chi connectivity index (χ3v) is 5.93. The van der Waals surface area contributed by atoms with Crippen LogP contribution in [-0.2, 0) is 20.2 Å². The Morgan fingerprint density at radius 3 is 2.00 bits per heavy atom. The molecule has 2 aromatic rings. The van der Waals surface area contributed by atoms with Gasteiger partial charge in [0.1, 0.15) is 0 Å². The van der Waals surface area contributed by atoms with E-state index in [0.717, 1.165) is 11.8 Å². The molecule has 0 atom stereocenters. The van der Waals surface area contributed by atoms with Crippen molar-refractivity contribution in [3.63, 3.8) is 0 Å². The molecule has 1 aliphatic heterocycles. The summed E-state index contributed by atoms with van der Waals surface area (Å²) in [7, 11) is -3.50. The second-order valence-electron chi connectivity index (χ2n) is 8.00. The topological polar surface area (TPSA) is 86.8 Å². The fraction of sp³-hybridized carbons (Fsp3) is 0.364. The van der Waals surface area contributed by atoms with Gasteiger partial charge < -0.3 is 9.80 Å². The Morgan fingerprint density at radius 2 is 1.40 bits per heavy atom. The third-order valence-electron chi connectivity index (χ3n) is 5.34. The summed E-state index contributed by atoms with van der Waals surface area (Å²) in [5, 5.41) is 0. The Morgan fingerprint density at radius 1 is 0.867 bits per heavy atom. The summed E-state index contributed by atoms with van der Waals surface area (Å²) in [6, 6.07) is 16.2. The molecule has 0 saturated carbocycles. The summed E-state index contributed by atoms with van der Waals surface area (Å²) in [6.45, 7) is 5.47. The number of benzene rings is 2. The van der Waals surface area contributed by atoms with Gasteiger partial charge in [0.15, 0.2) is 0 Å². The molecule has 0 bridgehead atoms. The number of rotatable bonds is 5. The first kappa shape index (κ1) is 21.8. The molecule has 0 unspecified atom stereocenters. The van der Waals surface area contributed by atoms with Crippen LogP contribution in [0.2, 0.25) is 0 Å². The van der Waals surface area contributed by atoms with Crippen LogP contribution in [0.25, 0.3) is 0 Å². The monoisotopic (exact) mass is 429 g/mol. The van der Waals surface area contributed by atoms with E-state index in [2.05, 4.69) is 4.72 Å². The molecule has 0 radical (unpaired) electrons. The van der Waals surface area contributed by atoms with Crippen LogP contribution in [0.1, 0.15) is 29.8 Å². The van der Waals surface area contributed by atoms with Crippen molar-refractivity contribution in [1.29, 1.82) is 0 Å². The van der Waals surface area contributed by atoms with Crippen LogP contribution < -0.4 is 4.72 Å². The maximum absolute atomic E-state index is 13.1. The molecular formula is C22H27N3O4S. The van der Waals surface area contributed by atoms with Crippen molar-refractivity contribution in [2.75, 3.05) is 37.2 Å². The van der Waals surface area contributed by atoms with Crippen molar-refractivity contribution in [2.45, 2.75) is 19.3 Å². The summed E-state index contributed by atoms with van der Waals surface area (Å²) in [6.07, 6.45) is 1.05. The Hall–Kier alpha value is -2.87. The molecule has 3 rings (SSSR count). The fourth-order valence-electron chi connectivity index (χ4n) is 3.61. The van der Waals surface area contributed by atoms with Crippen molar-refractivity contribution < 1.29 is 18.0 Å². The molecule has 0 spiro atoms. The molecule has 1 heterocycles. The Kier molecular flexibility index (Phi) is 6.17. The number of sulfonamides is 1. The van der Waals surface area contributed by atoms with E-state index in [-0.39, 0.29) is 17.5 Å². The van der Waals surface area contributed by atoms with Gasteiger partial charge in [-0.15, -0.1) is 0 Å². The lowest BCUT2D eigenvalue weighted by Crippen LogP contribution is -2.54. The second-order valence-corrected chi connectivity index (χ2v) is 9.74. The third kappa shape index (κ3) is 4.81. The van der Waals surface area contributed by atoms with Crippen molar-refractivity contribution in [3.05, 3.63) is 65.7 Å². The number of piperazine rings is 1. The molecule has 0 aliphatic carbocycles. The summed E-state index contributed by atoms with van der Waals surface area (Å²) in [5.74, 6) is -0.226. The first-order valence-electron chi connectivity index (χ1n) is 9.80. The van der Waals surface area contributed by atoms with Crippen LogP contribution in [0.15, 0.2) is 54.6 Å². The van der Waals surface area contributed by atoms with E-state index < -0.39 is 15.4 Å². The molecule has 2 aromatic carbocycles. The Bertz CT molecular complexity index is 1030. The predicted octanol–water partition coefficient (Wildman–Crippen LogP) is 2.32. The summed E-state index contributed by atoms with van der Waals surface area (Å²) in [5.41, 5.74) is 0.856. The normalized spacial score (nSPS) is 15.0. The Balaban J connectivity index is 1.69. The minimum atomic E-state index is -3.50. The molecular weight excluding hydrogens is 402 g/mol. The van der Waals surface area contributed by atoms with Gasteiger partial charge in [0.2, 0.25) is 15.9 Å². The minimum absolute atomic E-state index is 0.0277. The SMILES string of the molecule is CC(C)(C(=O)N1CCN(C(=O)c2ccccc2NS(C)(=O)=O)CC1)c1ccccc1. The number of carbonyl (C=O) groups excluding carboxylic acids is 2. The molecule has 2 amide bonds. The van der Waals surface area contributed by atoms with Gasteiger partial charge in [-0.1, -0.05) is 42.5 Å². The van der Waals surface area contributed by atoms with E-state index in [9.17, 15) is 18.0 Å². The van der Waals surface area contributed by atoms with E-state index >= 15 is 0 Å². The van der Waals surface area contributed by atoms with E-state index in [1.807, 2.05) is 44.2 Å². The number of nitrogens with one attached hydrogen (secondary N) is 1. The van der Waals surface area contributed by atoms with Crippen LogP contribution in [0.5, 0.6) is 0 Å². The molecule has 7 nitrogen and oxygen atoms in total. The highest BCUT2D eigenvalue weighted by molar-refractivity contribution is 7.92. The van der Waals surface area contributed by atoms with E-state index in [4.69, 9.17) is 0 Å². The molecule has 1 fully saturated rings. The number of amides is 2. The number of anilines is 1. The first-order chi connectivity index (χ1) is 14.1. The zero-order valence-corrected chi connectivity index (χ0v) is 18.3. The number of hydrogen-bond donors (Lipinski definition) is 1. The zero-order valence-electron chi connectivity index (χ0n) is 17.5. The first-order valence-corrected chi connectivity index (χ1v) is 11.7. The lowest BCUT2D eigenvalue weighted by molar-refractivity contribution is -0.137. The highest BCUT2D eigenvalue weighted by Gasteiger charge is 2.36. The van der Waals surface area contributed by atoms with Gasteiger partial charge in [-0.3, -0.25) is 14.3 Å². The van der Waals surface area contributed by atoms with Crippen LogP contribution >= 0.6 is 0 Å². The molecule has 0 aromatic heterocycles. The average molecular weight is 430 g/mol. The molecule has 30 heavy (non-hydrogen) atoms. The lowest BCUT2D eigenvalue weighted by atomic mass is 9.83. The number of hydrogen-bond acceptors (Lipinski definition) is 4. The number of carbonyl (C=O) groups is 2. The number of nitrogens with zero attached hydrogens (tertiary/aromatic N) is 2. The highest BCUT2D eigenvalue weighted by atomic mass is 32.2. The van der Waals surface area contributed by atoms with Crippen LogP contribution in [0.4, 0.5) is 5.69 Å². The fourth-order valence-corrected chi connectivity index (χ4v) is 4.19. The molecule has 1 N–H and O–H groups in total. The van der Waals surface area contributed by atoms with Crippen LogP contribution in [0.3, 0.4) is 0 Å². The van der Waals surface area contributed by atoms with Gasteiger partial charge in [-0.25, -0.2) is 8.42 Å². The van der Waals surface area contributed by atoms with Gasteiger partial charge >= 0.3 is 0 Å².